The van der Waals surface area contributed by atoms with Gasteiger partial charge in [-0.1, -0.05) is 12.2 Å². The van der Waals surface area contributed by atoms with Crippen molar-refractivity contribution in [1.29, 1.82) is 0 Å². The van der Waals surface area contributed by atoms with E-state index in [9.17, 15) is 4.79 Å². The van der Waals surface area contributed by atoms with Gasteiger partial charge in [-0.25, -0.2) is 0 Å². The van der Waals surface area contributed by atoms with Crippen LogP contribution < -0.4 is 11.1 Å². The highest BCUT2D eigenvalue weighted by atomic mass is 16.1. The maximum absolute atomic E-state index is 11.7. The van der Waals surface area contributed by atoms with Crippen LogP contribution in [0, 0.1) is 13.8 Å². The lowest BCUT2D eigenvalue weighted by Gasteiger charge is -2.01. The number of H-pyrrole nitrogens is 1. The molecule has 0 spiro atoms. The molecule has 0 atom stereocenters. The summed E-state index contributed by atoms with van der Waals surface area (Å²) in [7, 11) is 0. The SMILES string of the molecule is Cc1n[nH]c(C)c1C(=O)NC/C=C/CN. The van der Waals surface area contributed by atoms with Gasteiger partial charge in [0.25, 0.3) is 5.91 Å². The Labute approximate surface area is 88.7 Å². The Hall–Kier alpha value is -1.62. The Morgan fingerprint density at radius 2 is 2.27 bits per heavy atom. The number of carbonyl (C=O) groups is 1. The number of carbonyl (C=O) groups excluding carboxylic acids is 1. The number of nitrogens with zero attached hydrogens (tertiary/aromatic N) is 1. The number of hydrogen-bond donors (Lipinski definition) is 3. The molecule has 0 unspecified atom stereocenters. The van der Waals surface area contributed by atoms with Crippen LogP contribution in [-0.2, 0) is 0 Å². The molecule has 1 heterocycles. The van der Waals surface area contributed by atoms with Crippen molar-refractivity contribution < 1.29 is 4.79 Å². The summed E-state index contributed by atoms with van der Waals surface area (Å²) in [5.41, 5.74) is 7.40. The van der Waals surface area contributed by atoms with E-state index >= 15 is 0 Å². The fraction of sp³-hybridized carbons (Fsp3) is 0.400. The van der Waals surface area contributed by atoms with E-state index in [0.29, 0.717) is 24.3 Å². The van der Waals surface area contributed by atoms with Gasteiger partial charge in [-0.3, -0.25) is 9.89 Å². The van der Waals surface area contributed by atoms with E-state index < -0.39 is 0 Å². The van der Waals surface area contributed by atoms with Crippen molar-refractivity contribution in [3.63, 3.8) is 0 Å². The molecule has 0 saturated heterocycles. The first-order chi connectivity index (χ1) is 7.16. The molecule has 1 rings (SSSR count). The number of nitrogens with two attached hydrogens (primary N) is 1. The zero-order chi connectivity index (χ0) is 11.3. The predicted molar refractivity (Wildman–Crippen MR) is 58.6 cm³/mol. The van der Waals surface area contributed by atoms with Gasteiger partial charge in [0.05, 0.1) is 11.3 Å². The van der Waals surface area contributed by atoms with Crippen LogP contribution in [0.2, 0.25) is 0 Å². The lowest BCUT2D eigenvalue weighted by atomic mass is 10.2. The molecule has 0 aliphatic carbocycles. The predicted octanol–water partition coefficient (Wildman–Crippen LogP) is 0.271. The minimum atomic E-state index is -0.111. The third kappa shape index (κ3) is 2.92. The van der Waals surface area contributed by atoms with Crippen LogP contribution in [0.15, 0.2) is 12.2 Å². The number of hydrogen-bond acceptors (Lipinski definition) is 3. The van der Waals surface area contributed by atoms with Gasteiger partial charge in [-0.05, 0) is 13.8 Å². The summed E-state index contributed by atoms with van der Waals surface area (Å²) < 4.78 is 0. The van der Waals surface area contributed by atoms with Gasteiger partial charge < -0.3 is 11.1 Å². The second-order valence-corrected chi connectivity index (χ2v) is 3.23. The second kappa shape index (κ2) is 5.31. The van der Waals surface area contributed by atoms with Crippen molar-refractivity contribution in [3.8, 4) is 0 Å². The summed E-state index contributed by atoms with van der Waals surface area (Å²) in [6.07, 6.45) is 3.62. The topological polar surface area (TPSA) is 83.8 Å². The minimum absolute atomic E-state index is 0.111. The summed E-state index contributed by atoms with van der Waals surface area (Å²) in [4.78, 5) is 11.7. The van der Waals surface area contributed by atoms with E-state index in [4.69, 9.17) is 5.73 Å². The molecule has 0 aliphatic rings. The van der Waals surface area contributed by atoms with Gasteiger partial charge in [-0.15, -0.1) is 0 Å². The molecule has 1 aromatic rings. The quantitative estimate of drug-likeness (QED) is 0.621. The average molecular weight is 208 g/mol. The highest BCUT2D eigenvalue weighted by Crippen LogP contribution is 2.08. The van der Waals surface area contributed by atoms with Gasteiger partial charge in [0.15, 0.2) is 0 Å². The molecule has 0 bridgehead atoms. The summed E-state index contributed by atoms with van der Waals surface area (Å²) in [6.45, 7) is 4.60. The van der Waals surface area contributed by atoms with Crippen molar-refractivity contribution in [2.45, 2.75) is 13.8 Å². The molecule has 0 radical (unpaired) electrons. The van der Waals surface area contributed by atoms with Gasteiger partial charge in [0, 0.05) is 18.8 Å². The fourth-order valence-electron chi connectivity index (χ4n) is 1.31. The molecule has 4 N–H and O–H groups in total. The molecule has 0 aliphatic heterocycles. The first-order valence-corrected chi connectivity index (χ1v) is 4.81. The molecule has 1 aromatic heterocycles. The van der Waals surface area contributed by atoms with Gasteiger partial charge in [0.2, 0.25) is 0 Å². The van der Waals surface area contributed by atoms with Crippen LogP contribution in [0.1, 0.15) is 21.7 Å². The molecule has 0 fully saturated rings. The first-order valence-electron chi connectivity index (χ1n) is 4.81. The number of rotatable bonds is 4. The normalized spacial score (nSPS) is 10.9. The Balaban J connectivity index is 2.58. The number of aromatic nitrogens is 2. The maximum atomic E-state index is 11.7. The van der Waals surface area contributed by atoms with Crippen LogP contribution >= 0.6 is 0 Å². The maximum Gasteiger partial charge on any atom is 0.255 e. The number of aryl methyl sites for hydroxylation is 2. The van der Waals surface area contributed by atoms with Crippen molar-refractivity contribution >= 4 is 5.91 Å². The Kier molecular flexibility index (Phi) is 4.05. The summed E-state index contributed by atoms with van der Waals surface area (Å²) in [6, 6.07) is 0. The minimum Gasteiger partial charge on any atom is -0.348 e. The Bertz CT molecular complexity index is 348. The number of amides is 1. The smallest absolute Gasteiger partial charge is 0.255 e. The van der Waals surface area contributed by atoms with Gasteiger partial charge in [-0.2, -0.15) is 5.10 Å². The fourth-order valence-corrected chi connectivity index (χ4v) is 1.31. The third-order valence-electron chi connectivity index (χ3n) is 2.04. The third-order valence-corrected chi connectivity index (χ3v) is 2.04. The van der Waals surface area contributed by atoms with Crippen LogP contribution in [0.25, 0.3) is 0 Å². The van der Waals surface area contributed by atoms with Crippen molar-refractivity contribution in [1.82, 2.24) is 15.5 Å². The van der Waals surface area contributed by atoms with E-state index in [1.807, 2.05) is 13.0 Å². The molecule has 5 nitrogen and oxygen atoms in total. The summed E-state index contributed by atoms with van der Waals surface area (Å²) >= 11 is 0. The zero-order valence-corrected chi connectivity index (χ0v) is 9.00. The lowest BCUT2D eigenvalue weighted by molar-refractivity contribution is 0.0957. The Morgan fingerprint density at radius 1 is 1.53 bits per heavy atom. The van der Waals surface area contributed by atoms with Crippen molar-refractivity contribution in [2.75, 3.05) is 13.1 Å². The second-order valence-electron chi connectivity index (χ2n) is 3.23. The summed E-state index contributed by atoms with van der Waals surface area (Å²) in [5, 5.41) is 9.49. The van der Waals surface area contributed by atoms with E-state index in [1.54, 1.807) is 13.0 Å². The monoisotopic (exact) mass is 208 g/mol. The van der Waals surface area contributed by atoms with Gasteiger partial charge >= 0.3 is 0 Å². The van der Waals surface area contributed by atoms with Crippen molar-refractivity contribution in [3.05, 3.63) is 29.1 Å². The molecule has 5 heteroatoms. The van der Waals surface area contributed by atoms with Crippen molar-refractivity contribution in [2.24, 2.45) is 5.73 Å². The van der Waals surface area contributed by atoms with E-state index in [2.05, 4.69) is 15.5 Å². The molecular formula is C10H16N4O. The Morgan fingerprint density at radius 3 is 2.80 bits per heavy atom. The molecule has 1 amide bonds. The highest BCUT2D eigenvalue weighted by Gasteiger charge is 2.13. The molecule has 15 heavy (non-hydrogen) atoms. The van der Waals surface area contributed by atoms with Crippen LogP contribution in [-0.4, -0.2) is 29.2 Å². The summed E-state index contributed by atoms with van der Waals surface area (Å²) in [5.74, 6) is -0.111. The number of aromatic amines is 1. The van der Waals surface area contributed by atoms with Crippen LogP contribution in [0.5, 0.6) is 0 Å². The standard InChI is InChI=1S/C10H16N4O/c1-7-9(8(2)14-13-7)10(15)12-6-4-3-5-11/h3-4H,5-6,11H2,1-2H3,(H,12,15)(H,13,14)/b4-3+. The largest absolute Gasteiger partial charge is 0.348 e. The van der Waals surface area contributed by atoms with E-state index in [1.165, 1.54) is 0 Å². The highest BCUT2D eigenvalue weighted by molar-refractivity contribution is 5.96. The van der Waals surface area contributed by atoms with Gasteiger partial charge in [0.1, 0.15) is 0 Å². The molecular weight excluding hydrogens is 192 g/mol. The molecule has 82 valence electrons. The first kappa shape index (κ1) is 11.5. The number of nitrogens with one attached hydrogen (secondary N) is 2. The lowest BCUT2D eigenvalue weighted by Crippen LogP contribution is -2.24. The zero-order valence-electron chi connectivity index (χ0n) is 9.00. The van der Waals surface area contributed by atoms with E-state index in [-0.39, 0.29) is 5.91 Å². The molecule has 0 saturated carbocycles. The average Bonchev–Trinajstić information content (AvgIpc) is 2.53. The molecule has 0 aromatic carbocycles. The van der Waals surface area contributed by atoms with Crippen LogP contribution in [0.3, 0.4) is 0 Å². The van der Waals surface area contributed by atoms with Crippen LogP contribution in [0.4, 0.5) is 0 Å². The van der Waals surface area contributed by atoms with E-state index in [0.717, 1.165) is 5.69 Å².